The van der Waals surface area contributed by atoms with Gasteiger partial charge in [-0.05, 0) is 55.3 Å². The van der Waals surface area contributed by atoms with Crippen LogP contribution in [0.15, 0.2) is 71.6 Å². The number of sulfonamides is 1. The third kappa shape index (κ3) is 6.26. The molecule has 9 heteroatoms. The standard InChI is InChI=1S/C26H29ClN2O5S/c1-5-23(19-8-6-18(2)7-9-19)28-26(30)17-29(21-12-10-20(27)11-13-21)35(31,32)22-14-15-24(33-3)25(16-22)34-4/h6-16,23H,5,17H2,1-4H3,(H,28,30)/t23-/m0/s1. The predicted molar refractivity (Wildman–Crippen MR) is 138 cm³/mol. The van der Waals surface area contributed by atoms with Crippen LogP contribution in [0.4, 0.5) is 5.69 Å². The van der Waals surface area contributed by atoms with E-state index in [1.807, 2.05) is 38.1 Å². The molecular weight excluding hydrogens is 488 g/mol. The van der Waals surface area contributed by atoms with E-state index in [0.717, 1.165) is 15.4 Å². The number of hydrogen-bond acceptors (Lipinski definition) is 5. The molecule has 0 spiro atoms. The van der Waals surface area contributed by atoms with Crippen molar-refractivity contribution in [2.45, 2.75) is 31.2 Å². The first kappa shape index (κ1) is 26.4. The molecule has 0 aliphatic rings. The predicted octanol–water partition coefficient (Wildman–Crippen LogP) is 5.13. The summed E-state index contributed by atoms with van der Waals surface area (Å²) in [5.74, 6) is 0.224. The second-order valence-electron chi connectivity index (χ2n) is 7.94. The highest BCUT2D eigenvalue weighted by Crippen LogP contribution is 2.32. The van der Waals surface area contributed by atoms with Crippen molar-refractivity contribution in [1.29, 1.82) is 0 Å². The number of hydrogen-bond donors (Lipinski definition) is 1. The van der Waals surface area contributed by atoms with Crippen LogP contribution in [0.25, 0.3) is 0 Å². The van der Waals surface area contributed by atoms with Crippen LogP contribution < -0.4 is 19.1 Å². The average molecular weight is 517 g/mol. The molecule has 0 heterocycles. The summed E-state index contributed by atoms with van der Waals surface area (Å²) in [5.41, 5.74) is 2.37. The molecule has 0 fully saturated rings. The summed E-state index contributed by atoms with van der Waals surface area (Å²) in [7, 11) is -1.25. The number of nitrogens with one attached hydrogen (secondary N) is 1. The number of ether oxygens (including phenoxy) is 2. The molecule has 0 aliphatic carbocycles. The average Bonchev–Trinajstić information content (AvgIpc) is 2.86. The molecule has 7 nitrogen and oxygen atoms in total. The van der Waals surface area contributed by atoms with E-state index in [4.69, 9.17) is 21.1 Å². The number of carbonyl (C=O) groups excluding carboxylic acids is 1. The monoisotopic (exact) mass is 516 g/mol. The lowest BCUT2D eigenvalue weighted by molar-refractivity contribution is -0.120. The van der Waals surface area contributed by atoms with E-state index in [0.29, 0.717) is 22.9 Å². The van der Waals surface area contributed by atoms with Gasteiger partial charge < -0.3 is 14.8 Å². The zero-order valence-corrected chi connectivity index (χ0v) is 21.7. The summed E-state index contributed by atoms with van der Waals surface area (Å²) < 4.78 is 39.0. The molecule has 186 valence electrons. The van der Waals surface area contributed by atoms with Gasteiger partial charge in [0.1, 0.15) is 6.54 Å². The normalized spacial score (nSPS) is 12.0. The Kier molecular flexibility index (Phi) is 8.64. The summed E-state index contributed by atoms with van der Waals surface area (Å²) in [4.78, 5) is 13.1. The minimum Gasteiger partial charge on any atom is -0.493 e. The lowest BCUT2D eigenvalue weighted by atomic mass is 10.0. The number of nitrogens with zero attached hydrogens (tertiary/aromatic N) is 1. The van der Waals surface area contributed by atoms with Crippen LogP contribution in [0.3, 0.4) is 0 Å². The van der Waals surface area contributed by atoms with E-state index in [1.54, 1.807) is 24.3 Å². The molecule has 0 saturated carbocycles. The summed E-state index contributed by atoms with van der Waals surface area (Å²) in [5, 5.41) is 3.41. The molecule has 1 N–H and O–H groups in total. The van der Waals surface area contributed by atoms with Crippen LogP contribution >= 0.6 is 11.6 Å². The molecule has 3 aromatic carbocycles. The van der Waals surface area contributed by atoms with Crippen molar-refractivity contribution in [3.05, 3.63) is 82.9 Å². The van der Waals surface area contributed by atoms with E-state index >= 15 is 0 Å². The molecule has 1 atom stereocenters. The number of methoxy groups -OCH3 is 2. The van der Waals surface area contributed by atoms with Crippen molar-refractivity contribution >= 4 is 33.2 Å². The third-order valence-corrected chi connectivity index (χ3v) is 7.59. The van der Waals surface area contributed by atoms with Gasteiger partial charge in [0.15, 0.2) is 11.5 Å². The number of amides is 1. The first-order valence-corrected chi connectivity index (χ1v) is 12.9. The minimum absolute atomic E-state index is 0.0384. The Balaban J connectivity index is 1.95. The van der Waals surface area contributed by atoms with Crippen molar-refractivity contribution in [1.82, 2.24) is 5.32 Å². The molecule has 0 unspecified atom stereocenters. The van der Waals surface area contributed by atoms with Crippen molar-refractivity contribution < 1.29 is 22.7 Å². The maximum absolute atomic E-state index is 13.7. The molecular formula is C26H29ClN2O5S. The Labute approximate surface area is 211 Å². The number of rotatable bonds is 10. The molecule has 1 amide bonds. The van der Waals surface area contributed by atoms with E-state index in [-0.39, 0.29) is 16.7 Å². The number of aryl methyl sites for hydroxylation is 1. The van der Waals surface area contributed by atoms with Crippen molar-refractivity contribution in [2.24, 2.45) is 0 Å². The number of benzene rings is 3. The second kappa shape index (κ2) is 11.5. The van der Waals surface area contributed by atoms with Crippen molar-refractivity contribution in [3.63, 3.8) is 0 Å². The smallest absolute Gasteiger partial charge is 0.264 e. The summed E-state index contributed by atoms with van der Waals surface area (Å²) >= 11 is 6.02. The van der Waals surface area contributed by atoms with Crippen LogP contribution in [0, 0.1) is 6.92 Å². The molecule has 0 aliphatic heterocycles. The molecule has 0 bridgehead atoms. The van der Waals surface area contributed by atoms with Gasteiger partial charge in [0.25, 0.3) is 10.0 Å². The van der Waals surface area contributed by atoms with Crippen molar-refractivity contribution in [2.75, 3.05) is 25.1 Å². The zero-order valence-electron chi connectivity index (χ0n) is 20.1. The van der Waals surface area contributed by atoms with E-state index < -0.39 is 22.5 Å². The van der Waals surface area contributed by atoms with Gasteiger partial charge in [0.05, 0.1) is 30.8 Å². The lowest BCUT2D eigenvalue weighted by Crippen LogP contribution is -2.42. The maximum Gasteiger partial charge on any atom is 0.264 e. The number of anilines is 1. The Bertz CT molecular complexity index is 1260. The zero-order chi connectivity index (χ0) is 25.6. The van der Waals surface area contributed by atoms with E-state index in [1.165, 1.54) is 32.4 Å². The Morgan fingerprint density at radius 1 is 0.971 bits per heavy atom. The summed E-state index contributed by atoms with van der Waals surface area (Å²) in [6, 6.07) is 18.2. The van der Waals surface area contributed by atoms with Gasteiger partial charge in [0.2, 0.25) is 5.91 Å². The first-order valence-electron chi connectivity index (χ1n) is 11.1. The minimum atomic E-state index is -4.14. The highest BCUT2D eigenvalue weighted by Gasteiger charge is 2.29. The van der Waals surface area contributed by atoms with E-state index in [2.05, 4.69) is 5.32 Å². The molecule has 0 radical (unpaired) electrons. The van der Waals surface area contributed by atoms with Crippen LogP contribution in [-0.4, -0.2) is 35.1 Å². The fourth-order valence-electron chi connectivity index (χ4n) is 3.62. The van der Waals surface area contributed by atoms with Gasteiger partial charge in [-0.1, -0.05) is 48.4 Å². The molecule has 3 aromatic rings. The Hall–Kier alpha value is -3.23. The van der Waals surface area contributed by atoms with Gasteiger partial charge >= 0.3 is 0 Å². The van der Waals surface area contributed by atoms with Crippen LogP contribution in [0.2, 0.25) is 5.02 Å². The maximum atomic E-state index is 13.7. The highest BCUT2D eigenvalue weighted by atomic mass is 35.5. The Morgan fingerprint density at radius 3 is 2.17 bits per heavy atom. The van der Waals surface area contributed by atoms with Crippen LogP contribution in [0.5, 0.6) is 11.5 Å². The molecule has 0 saturated heterocycles. The van der Waals surface area contributed by atoms with Crippen molar-refractivity contribution in [3.8, 4) is 11.5 Å². The summed E-state index contributed by atoms with van der Waals surface area (Å²) in [6.45, 7) is 3.54. The fourth-order valence-corrected chi connectivity index (χ4v) is 5.18. The molecule has 35 heavy (non-hydrogen) atoms. The summed E-state index contributed by atoms with van der Waals surface area (Å²) in [6.07, 6.45) is 0.651. The lowest BCUT2D eigenvalue weighted by Gasteiger charge is -2.26. The van der Waals surface area contributed by atoms with Gasteiger partial charge in [0, 0.05) is 11.1 Å². The molecule has 0 aromatic heterocycles. The highest BCUT2D eigenvalue weighted by molar-refractivity contribution is 7.92. The second-order valence-corrected chi connectivity index (χ2v) is 10.2. The van der Waals surface area contributed by atoms with Gasteiger partial charge in [-0.2, -0.15) is 0 Å². The third-order valence-electron chi connectivity index (χ3n) is 5.57. The van der Waals surface area contributed by atoms with Gasteiger partial charge in [-0.15, -0.1) is 0 Å². The number of carbonyl (C=O) groups is 1. The number of halogens is 1. The van der Waals surface area contributed by atoms with Crippen LogP contribution in [-0.2, 0) is 14.8 Å². The topological polar surface area (TPSA) is 84.9 Å². The largest absolute Gasteiger partial charge is 0.493 e. The Morgan fingerprint density at radius 2 is 1.60 bits per heavy atom. The molecule has 3 rings (SSSR count). The fraction of sp³-hybridized carbons (Fsp3) is 0.269. The first-order chi connectivity index (χ1) is 16.7. The quantitative estimate of drug-likeness (QED) is 0.404. The van der Waals surface area contributed by atoms with Crippen LogP contribution in [0.1, 0.15) is 30.5 Å². The van der Waals surface area contributed by atoms with Gasteiger partial charge in [-0.3, -0.25) is 9.10 Å². The van der Waals surface area contributed by atoms with Gasteiger partial charge in [-0.25, -0.2) is 8.42 Å². The SMILES string of the molecule is CC[C@H](NC(=O)CN(c1ccc(Cl)cc1)S(=O)(=O)c1ccc(OC)c(OC)c1)c1ccc(C)cc1. The van der Waals surface area contributed by atoms with E-state index in [9.17, 15) is 13.2 Å².